The molecule has 5 rings (SSSR count). The summed E-state index contributed by atoms with van der Waals surface area (Å²) < 4.78 is 0. The molecule has 6 heteroatoms. The van der Waals surface area contributed by atoms with Crippen LogP contribution >= 0.6 is 11.3 Å². The van der Waals surface area contributed by atoms with Crippen LogP contribution in [0.5, 0.6) is 0 Å². The predicted octanol–water partition coefficient (Wildman–Crippen LogP) is 3.54. The predicted molar refractivity (Wildman–Crippen MR) is 120 cm³/mol. The average molecular weight is 437 g/mol. The van der Waals surface area contributed by atoms with Gasteiger partial charge in [0.05, 0.1) is 12.0 Å². The highest BCUT2D eigenvalue weighted by Gasteiger charge is 2.34. The molecule has 2 amide bonds. The lowest BCUT2D eigenvalue weighted by Gasteiger charge is -2.28. The molecule has 0 atom stereocenters. The van der Waals surface area contributed by atoms with Crippen molar-refractivity contribution in [1.29, 1.82) is 0 Å². The van der Waals surface area contributed by atoms with Crippen molar-refractivity contribution in [1.82, 2.24) is 10.2 Å². The summed E-state index contributed by atoms with van der Waals surface area (Å²) in [4.78, 5) is 42.5. The standard InChI is InChI=1S/C25H28N2O3S/c28-20(18-8-9-18)13-22-24(25(30)26-14-17-6-7-17)19-15-27(11-10-21(19)31-22)23(29)12-16-4-2-1-3-5-16/h1-5,17-18H,6-15H2,(H,26,30). The Kier molecular flexibility index (Phi) is 5.65. The first kappa shape index (κ1) is 20.4. The van der Waals surface area contributed by atoms with Crippen molar-refractivity contribution >= 4 is 28.9 Å². The molecule has 0 radical (unpaired) electrons. The van der Waals surface area contributed by atoms with Gasteiger partial charge in [-0.05, 0) is 49.1 Å². The van der Waals surface area contributed by atoms with E-state index in [0.717, 1.165) is 35.3 Å². The van der Waals surface area contributed by atoms with Gasteiger partial charge in [0.2, 0.25) is 5.91 Å². The SMILES string of the molecule is O=C(NCC1CC1)c1c(CC(=O)C2CC2)sc2c1CN(C(=O)Cc1ccccc1)CC2. The van der Waals surface area contributed by atoms with Crippen LogP contribution in [0.1, 0.15) is 56.9 Å². The summed E-state index contributed by atoms with van der Waals surface area (Å²) in [6.45, 7) is 1.83. The van der Waals surface area contributed by atoms with Crippen molar-refractivity contribution in [3.05, 3.63) is 56.8 Å². The first-order valence-electron chi connectivity index (χ1n) is 11.3. The van der Waals surface area contributed by atoms with Crippen molar-refractivity contribution in [2.75, 3.05) is 13.1 Å². The monoisotopic (exact) mass is 436 g/mol. The average Bonchev–Trinajstić information content (AvgIpc) is 3.68. The molecular formula is C25H28N2O3S. The molecule has 1 aliphatic heterocycles. The van der Waals surface area contributed by atoms with Crippen molar-refractivity contribution in [2.24, 2.45) is 11.8 Å². The van der Waals surface area contributed by atoms with E-state index in [1.165, 1.54) is 17.7 Å². The molecule has 0 bridgehead atoms. The molecular weight excluding hydrogens is 408 g/mol. The van der Waals surface area contributed by atoms with Crippen LogP contribution < -0.4 is 5.32 Å². The molecule has 1 N–H and O–H groups in total. The topological polar surface area (TPSA) is 66.5 Å². The highest BCUT2D eigenvalue weighted by Crippen LogP contribution is 2.37. The van der Waals surface area contributed by atoms with Gasteiger partial charge in [-0.1, -0.05) is 30.3 Å². The Morgan fingerprint density at radius 1 is 1.03 bits per heavy atom. The minimum atomic E-state index is -0.0691. The number of Topliss-reactive ketones (excluding diaryl/α,β-unsaturated/α-hetero) is 1. The fraction of sp³-hybridized carbons (Fsp3) is 0.480. The van der Waals surface area contributed by atoms with Crippen LogP contribution in [0.15, 0.2) is 30.3 Å². The first-order chi connectivity index (χ1) is 15.1. The molecule has 0 unspecified atom stereocenters. The molecule has 0 spiro atoms. The largest absolute Gasteiger partial charge is 0.352 e. The van der Waals surface area contributed by atoms with Gasteiger partial charge in [0.25, 0.3) is 5.91 Å². The third-order valence-corrected chi connectivity index (χ3v) is 7.81. The van der Waals surface area contributed by atoms with Gasteiger partial charge in [-0.15, -0.1) is 11.3 Å². The van der Waals surface area contributed by atoms with Crippen molar-refractivity contribution in [3.8, 4) is 0 Å². The number of thiophene rings is 1. The molecule has 2 aliphatic carbocycles. The number of carbonyl (C=O) groups excluding carboxylic acids is 3. The zero-order valence-electron chi connectivity index (χ0n) is 17.7. The van der Waals surface area contributed by atoms with Crippen LogP contribution in [0.2, 0.25) is 0 Å². The van der Waals surface area contributed by atoms with Gasteiger partial charge in [0.1, 0.15) is 5.78 Å². The van der Waals surface area contributed by atoms with Gasteiger partial charge in [-0.3, -0.25) is 14.4 Å². The Hall–Kier alpha value is -2.47. The Morgan fingerprint density at radius 3 is 2.52 bits per heavy atom. The fourth-order valence-electron chi connectivity index (χ4n) is 4.28. The molecule has 2 aromatic rings. The second-order valence-corrected chi connectivity index (χ2v) is 10.3. The number of ketones is 1. The number of rotatable bonds is 8. The van der Waals surface area contributed by atoms with Gasteiger partial charge in [0.15, 0.2) is 0 Å². The Bertz CT molecular complexity index is 1010. The summed E-state index contributed by atoms with van der Waals surface area (Å²) >= 11 is 1.61. The van der Waals surface area contributed by atoms with Crippen LogP contribution in [-0.2, 0) is 35.4 Å². The van der Waals surface area contributed by atoms with Gasteiger partial charge in [-0.25, -0.2) is 0 Å². The number of hydrogen-bond donors (Lipinski definition) is 1. The fourth-order valence-corrected chi connectivity index (χ4v) is 5.60. The van der Waals surface area contributed by atoms with Gasteiger partial charge >= 0.3 is 0 Å². The van der Waals surface area contributed by atoms with Crippen molar-refractivity contribution < 1.29 is 14.4 Å². The molecule has 0 saturated heterocycles. The van der Waals surface area contributed by atoms with Gasteiger partial charge < -0.3 is 10.2 Å². The number of benzene rings is 1. The number of nitrogens with one attached hydrogen (secondary N) is 1. The minimum Gasteiger partial charge on any atom is -0.352 e. The molecule has 1 aromatic carbocycles. The molecule has 5 nitrogen and oxygen atoms in total. The van der Waals surface area contributed by atoms with E-state index in [-0.39, 0.29) is 23.5 Å². The molecule has 2 heterocycles. The molecule has 162 valence electrons. The van der Waals surface area contributed by atoms with Crippen LogP contribution in [0.4, 0.5) is 0 Å². The van der Waals surface area contributed by atoms with Crippen molar-refractivity contribution in [3.63, 3.8) is 0 Å². The number of fused-ring (bicyclic) bond motifs is 1. The van der Waals surface area contributed by atoms with E-state index >= 15 is 0 Å². The second kappa shape index (κ2) is 8.58. The summed E-state index contributed by atoms with van der Waals surface area (Å²) in [5.41, 5.74) is 2.64. The number of carbonyl (C=O) groups is 3. The van der Waals surface area contributed by atoms with Crippen LogP contribution in [0, 0.1) is 11.8 Å². The minimum absolute atomic E-state index is 0.0691. The lowest BCUT2D eigenvalue weighted by Crippen LogP contribution is -2.37. The zero-order valence-corrected chi connectivity index (χ0v) is 18.5. The molecule has 1 aromatic heterocycles. The normalized spacial score (nSPS) is 17.9. The Labute approximate surface area is 186 Å². The molecule has 2 saturated carbocycles. The van der Waals surface area contributed by atoms with E-state index in [1.54, 1.807) is 11.3 Å². The van der Waals surface area contributed by atoms with E-state index in [2.05, 4.69) is 5.32 Å². The first-order valence-corrected chi connectivity index (χ1v) is 12.2. The highest BCUT2D eigenvalue weighted by molar-refractivity contribution is 7.12. The van der Waals surface area contributed by atoms with Gasteiger partial charge in [-0.2, -0.15) is 0 Å². The summed E-state index contributed by atoms with van der Waals surface area (Å²) in [5.74, 6) is 1.06. The lowest BCUT2D eigenvalue weighted by molar-refractivity contribution is -0.131. The third kappa shape index (κ3) is 4.74. The molecule has 3 aliphatic rings. The summed E-state index contributed by atoms with van der Waals surface area (Å²) in [6, 6.07) is 9.78. The maximum atomic E-state index is 13.1. The van der Waals surface area contributed by atoms with E-state index in [9.17, 15) is 14.4 Å². The second-order valence-electron chi connectivity index (χ2n) is 9.10. The highest BCUT2D eigenvalue weighted by atomic mass is 32.1. The number of nitrogens with zero attached hydrogens (tertiary/aromatic N) is 1. The van der Waals surface area contributed by atoms with Crippen LogP contribution in [0.25, 0.3) is 0 Å². The molecule has 2 fully saturated rings. The summed E-state index contributed by atoms with van der Waals surface area (Å²) in [5, 5.41) is 3.09. The number of hydrogen-bond acceptors (Lipinski definition) is 4. The lowest BCUT2D eigenvalue weighted by atomic mass is 9.99. The van der Waals surface area contributed by atoms with E-state index in [1.807, 2.05) is 35.2 Å². The molecule has 31 heavy (non-hydrogen) atoms. The Morgan fingerprint density at radius 2 is 1.81 bits per heavy atom. The third-order valence-electron chi connectivity index (χ3n) is 6.52. The summed E-state index contributed by atoms with van der Waals surface area (Å²) in [6.07, 6.45) is 5.79. The Balaban J connectivity index is 1.36. The quantitative estimate of drug-likeness (QED) is 0.688. The zero-order chi connectivity index (χ0) is 21.4. The maximum absolute atomic E-state index is 13.1. The smallest absolute Gasteiger partial charge is 0.252 e. The van der Waals surface area contributed by atoms with E-state index in [4.69, 9.17) is 0 Å². The maximum Gasteiger partial charge on any atom is 0.252 e. The van der Waals surface area contributed by atoms with Crippen LogP contribution in [0.3, 0.4) is 0 Å². The van der Waals surface area contributed by atoms with Crippen LogP contribution in [-0.4, -0.2) is 35.6 Å². The van der Waals surface area contributed by atoms with Gasteiger partial charge in [0, 0.05) is 41.7 Å². The van der Waals surface area contributed by atoms with Crippen molar-refractivity contribution in [2.45, 2.75) is 51.5 Å². The summed E-state index contributed by atoms with van der Waals surface area (Å²) in [7, 11) is 0. The van der Waals surface area contributed by atoms with E-state index in [0.29, 0.717) is 44.0 Å². The van der Waals surface area contributed by atoms with E-state index < -0.39 is 0 Å². The number of amides is 2.